The Morgan fingerprint density at radius 2 is 1.88 bits per heavy atom. The third-order valence-electron chi connectivity index (χ3n) is 2.98. The molecule has 10 heteroatoms. The molecule has 1 amide bonds. The standard InChI is InChI=1S/C14H12Cl3N3O3S/c1-20(24(22,23)10-3-5-13(17)18-7-10)8-14(21)19-9-2-4-11(15)12(16)6-9/h2-7H,8H2,1H3,(H,19,21). The van der Waals surface area contributed by atoms with Gasteiger partial charge < -0.3 is 5.32 Å². The van der Waals surface area contributed by atoms with Crippen LogP contribution >= 0.6 is 34.8 Å². The van der Waals surface area contributed by atoms with E-state index < -0.39 is 15.9 Å². The number of amides is 1. The van der Waals surface area contributed by atoms with Crippen molar-refractivity contribution in [2.45, 2.75) is 4.90 Å². The first kappa shape index (κ1) is 19.0. The summed E-state index contributed by atoms with van der Waals surface area (Å²) in [5, 5.41) is 3.36. The normalized spacial score (nSPS) is 11.5. The summed E-state index contributed by atoms with van der Waals surface area (Å²) in [5.41, 5.74) is 0.411. The summed E-state index contributed by atoms with van der Waals surface area (Å²) in [6, 6.07) is 7.23. The second kappa shape index (κ2) is 7.67. The average molecular weight is 409 g/mol. The predicted octanol–water partition coefficient (Wildman–Crippen LogP) is 3.30. The van der Waals surface area contributed by atoms with Crippen LogP contribution < -0.4 is 5.32 Å². The number of benzene rings is 1. The van der Waals surface area contributed by atoms with Crippen LogP contribution in [0, 0.1) is 0 Å². The van der Waals surface area contributed by atoms with Gasteiger partial charge in [-0.2, -0.15) is 4.31 Å². The summed E-state index contributed by atoms with van der Waals surface area (Å²) in [4.78, 5) is 15.7. The van der Waals surface area contributed by atoms with Gasteiger partial charge in [0.1, 0.15) is 10.0 Å². The van der Waals surface area contributed by atoms with E-state index in [1.54, 1.807) is 6.07 Å². The van der Waals surface area contributed by atoms with Crippen molar-refractivity contribution in [1.29, 1.82) is 0 Å². The topological polar surface area (TPSA) is 79.4 Å². The number of pyridine rings is 1. The van der Waals surface area contributed by atoms with E-state index in [9.17, 15) is 13.2 Å². The molecule has 0 fully saturated rings. The van der Waals surface area contributed by atoms with Gasteiger partial charge in [-0.15, -0.1) is 0 Å². The molecule has 0 radical (unpaired) electrons. The SMILES string of the molecule is CN(CC(=O)Nc1ccc(Cl)c(Cl)c1)S(=O)(=O)c1ccc(Cl)nc1. The summed E-state index contributed by atoms with van der Waals surface area (Å²) in [7, 11) is -2.56. The van der Waals surface area contributed by atoms with Crippen LogP contribution in [-0.4, -0.2) is 37.2 Å². The molecule has 0 aliphatic rings. The van der Waals surface area contributed by atoms with E-state index in [-0.39, 0.29) is 21.6 Å². The number of rotatable bonds is 5. The number of carbonyl (C=O) groups excluding carboxylic acids is 1. The maximum absolute atomic E-state index is 12.4. The van der Waals surface area contributed by atoms with Crippen molar-refractivity contribution in [2.75, 3.05) is 18.9 Å². The van der Waals surface area contributed by atoms with Gasteiger partial charge in [-0.3, -0.25) is 4.79 Å². The minimum absolute atomic E-state index is 0.0586. The number of likely N-dealkylation sites (N-methyl/N-ethyl adjacent to an activating group) is 1. The fourth-order valence-electron chi connectivity index (χ4n) is 1.76. The number of carbonyl (C=O) groups is 1. The van der Waals surface area contributed by atoms with Gasteiger partial charge in [0.2, 0.25) is 15.9 Å². The van der Waals surface area contributed by atoms with Crippen LogP contribution in [0.2, 0.25) is 15.2 Å². The highest BCUT2D eigenvalue weighted by atomic mass is 35.5. The third-order valence-corrected chi connectivity index (χ3v) is 5.73. The molecule has 0 aliphatic carbocycles. The molecule has 0 aliphatic heterocycles. The number of hydrogen-bond acceptors (Lipinski definition) is 4. The van der Waals surface area contributed by atoms with Crippen LogP contribution in [0.1, 0.15) is 0 Å². The lowest BCUT2D eigenvalue weighted by molar-refractivity contribution is -0.116. The Kier molecular flexibility index (Phi) is 6.06. The zero-order valence-electron chi connectivity index (χ0n) is 12.3. The maximum atomic E-state index is 12.4. The summed E-state index contributed by atoms with van der Waals surface area (Å²) in [5.74, 6) is -0.526. The Labute approximate surface area is 154 Å². The highest BCUT2D eigenvalue weighted by Gasteiger charge is 2.23. The van der Waals surface area contributed by atoms with E-state index in [0.717, 1.165) is 10.5 Å². The number of nitrogens with one attached hydrogen (secondary N) is 1. The van der Waals surface area contributed by atoms with Crippen LogP contribution in [0.4, 0.5) is 5.69 Å². The molecule has 0 unspecified atom stereocenters. The van der Waals surface area contributed by atoms with Crippen LogP contribution in [0.15, 0.2) is 41.4 Å². The predicted molar refractivity (Wildman–Crippen MR) is 94.2 cm³/mol. The Morgan fingerprint density at radius 1 is 1.17 bits per heavy atom. The first-order valence-electron chi connectivity index (χ1n) is 6.53. The quantitative estimate of drug-likeness (QED) is 0.770. The van der Waals surface area contributed by atoms with Gasteiger partial charge in [-0.05, 0) is 30.3 Å². The van der Waals surface area contributed by atoms with Crippen molar-refractivity contribution in [1.82, 2.24) is 9.29 Å². The van der Waals surface area contributed by atoms with E-state index >= 15 is 0 Å². The van der Waals surface area contributed by atoms with Crippen molar-refractivity contribution in [3.8, 4) is 0 Å². The molecule has 2 aromatic rings. The number of hydrogen-bond donors (Lipinski definition) is 1. The van der Waals surface area contributed by atoms with Crippen LogP contribution in [0.3, 0.4) is 0 Å². The molecule has 2 rings (SSSR count). The fourth-order valence-corrected chi connectivity index (χ4v) is 3.24. The minimum Gasteiger partial charge on any atom is -0.325 e. The van der Waals surface area contributed by atoms with Crippen LogP contribution in [0.25, 0.3) is 0 Å². The van der Waals surface area contributed by atoms with Crippen molar-refractivity contribution < 1.29 is 13.2 Å². The third kappa shape index (κ3) is 4.58. The molecule has 1 heterocycles. The van der Waals surface area contributed by atoms with Gasteiger partial charge in [-0.25, -0.2) is 13.4 Å². The van der Waals surface area contributed by atoms with Gasteiger partial charge in [-0.1, -0.05) is 34.8 Å². The molecule has 1 N–H and O–H groups in total. The second-order valence-corrected chi connectivity index (χ2v) is 8.00. The van der Waals surface area contributed by atoms with E-state index in [4.69, 9.17) is 34.8 Å². The number of nitrogens with zero attached hydrogens (tertiary/aromatic N) is 2. The zero-order valence-corrected chi connectivity index (χ0v) is 15.4. The van der Waals surface area contributed by atoms with Crippen LogP contribution in [-0.2, 0) is 14.8 Å². The molecule has 1 aromatic heterocycles. The van der Waals surface area contributed by atoms with E-state index in [2.05, 4.69) is 10.3 Å². The summed E-state index contributed by atoms with van der Waals surface area (Å²) >= 11 is 17.3. The van der Waals surface area contributed by atoms with Gasteiger partial charge in [0.15, 0.2) is 0 Å². The largest absolute Gasteiger partial charge is 0.325 e. The van der Waals surface area contributed by atoms with Gasteiger partial charge in [0.25, 0.3) is 0 Å². The molecule has 1 aromatic carbocycles. The van der Waals surface area contributed by atoms with Crippen LogP contribution in [0.5, 0.6) is 0 Å². The lowest BCUT2D eigenvalue weighted by atomic mass is 10.3. The number of aromatic nitrogens is 1. The highest BCUT2D eigenvalue weighted by Crippen LogP contribution is 2.25. The zero-order chi connectivity index (χ0) is 17.9. The van der Waals surface area contributed by atoms with E-state index in [0.29, 0.717) is 10.7 Å². The van der Waals surface area contributed by atoms with E-state index in [1.807, 2.05) is 0 Å². The first-order chi connectivity index (χ1) is 11.2. The summed E-state index contributed by atoms with van der Waals surface area (Å²) < 4.78 is 25.6. The Morgan fingerprint density at radius 3 is 2.46 bits per heavy atom. The molecular formula is C14H12Cl3N3O3S. The smallest absolute Gasteiger partial charge is 0.244 e. The first-order valence-corrected chi connectivity index (χ1v) is 9.10. The number of sulfonamides is 1. The monoisotopic (exact) mass is 407 g/mol. The summed E-state index contributed by atoms with van der Waals surface area (Å²) in [6.45, 7) is -0.384. The summed E-state index contributed by atoms with van der Waals surface area (Å²) in [6.07, 6.45) is 1.13. The second-order valence-electron chi connectivity index (χ2n) is 4.75. The molecule has 128 valence electrons. The minimum atomic E-state index is -3.85. The molecule has 0 spiro atoms. The molecule has 0 saturated heterocycles. The van der Waals surface area contributed by atoms with Crippen molar-refractivity contribution in [3.63, 3.8) is 0 Å². The molecule has 24 heavy (non-hydrogen) atoms. The van der Waals surface area contributed by atoms with Crippen molar-refractivity contribution >= 4 is 56.4 Å². The highest BCUT2D eigenvalue weighted by molar-refractivity contribution is 7.89. The Hall–Kier alpha value is -1.38. The number of anilines is 1. The van der Waals surface area contributed by atoms with E-state index in [1.165, 1.54) is 31.3 Å². The molecule has 0 atom stereocenters. The van der Waals surface area contributed by atoms with Gasteiger partial charge in [0.05, 0.1) is 16.6 Å². The van der Waals surface area contributed by atoms with Gasteiger partial charge in [0, 0.05) is 18.9 Å². The fraction of sp³-hybridized carbons (Fsp3) is 0.143. The molecular weight excluding hydrogens is 397 g/mol. The molecule has 6 nitrogen and oxygen atoms in total. The molecule has 0 saturated carbocycles. The lowest BCUT2D eigenvalue weighted by Crippen LogP contribution is -2.35. The Balaban J connectivity index is 2.07. The number of halogens is 3. The van der Waals surface area contributed by atoms with Crippen molar-refractivity contribution in [3.05, 3.63) is 51.7 Å². The molecule has 0 bridgehead atoms. The Bertz CT molecular complexity index is 857. The maximum Gasteiger partial charge on any atom is 0.244 e. The average Bonchev–Trinajstić information content (AvgIpc) is 2.51. The van der Waals surface area contributed by atoms with Crippen molar-refractivity contribution in [2.24, 2.45) is 0 Å². The lowest BCUT2D eigenvalue weighted by Gasteiger charge is -2.16. The van der Waals surface area contributed by atoms with Gasteiger partial charge >= 0.3 is 0 Å².